The van der Waals surface area contributed by atoms with Crippen molar-refractivity contribution in [2.75, 3.05) is 6.54 Å². The van der Waals surface area contributed by atoms with E-state index in [-0.39, 0.29) is 18.2 Å². The second-order valence-corrected chi connectivity index (χ2v) is 4.62. The smallest absolute Gasteiger partial charge is 0.303 e. The number of hydrogen-bond acceptors (Lipinski definition) is 4. The Labute approximate surface area is 112 Å². The van der Waals surface area contributed by atoms with E-state index < -0.39 is 5.97 Å². The third-order valence-electron chi connectivity index (χ3n) is 2.58. The molecule has 1 aromatic heterocycles. The summed E-state index contributed by atoms with van der Waals surface area (Å²) in [5.41, 5.74) is 1.17. The number of aliphatic carboxylic acids is 1. The van der Waals surface area contributed by atoms with E-state index in [1.54, 1.807) is 6.92 Å². The predicted molar refractivity (Wildman–Crippen MR) is 70.1 cm³/mol. The summed E-state index contributed by atoms with van der Waals surface area (Å²) in [6.07, 6.45) is 1.97. The molecule has 1 amide bonds. The van der Waals surface area contributed by atoms with Crippen molar-refractivity contribution in [1.82, 2.24) is 15.3 Å². The number of amides is 1. The number of aryl methyl sites for hydroxylation is 1. The zero-order chi connectivity index (χ0) is 14.4. The highest BCUT2D eigenvalue weighted by molar-refractivity contribution is 5.95. The van der Waals surface area contributed by atoms with E-state index in [2.05, 4.69) is 15.3 Å². The Kier molecular flexibility index (Phi) is 5.41. The third kappa shape index (κ3) is 4.65. The van der Waals surface area contributed by atoms with Gasteiger partial charge in [-0.2, -0.15) is 0 Å². The van der Waals surface area contributed by atoms with Gasteiger partial charge in [0.1, 0.15) is 5.82 Å². The van der Waals surface area contributed by atoms with Crippen LogP contribution in [0.5, 0.6) is 0 Å². The van der Waals surface area contributed by atoms with Crippen LogP contribution in [0.2, 0.25) is 0 Å². The number of nitrogens with one attached hydrogen (secondary N) is 1. The Morgan fingerprint density at radius 3 is 2.68 bits per heavy atom. The Hall–Kier alpha value is -1.98. The van der Waals surface area contributed by atoms with Crippen molar-refractivity contribution in [1.29, 1.82) is 0 Å². The van der Waals surface area contributed by atoms with Crippen LogP contribution in [0.3, 0.4) is 0 Å². The van der Waals surface area contributed by atoms with Crippen molar-refractivity contribution in [3.05, 3.63) is 23.3 Å². The molecule has 19 heavy (non-hydrogen) atoms. The summed E-state index contributed by atoms with van der Waals surface area (Å²) >= 11 is 0. The molecule has 0 aliphatic heterocycles. The number of nitrogens with zero attached hydrogens (tertiary/aromatic N) is 2. The molecular weight excluding hydrogens is 246 g/mol. The molecule has 0 aliphatic carbocycles. The maximum atomic E-state index is 12.0. The highest BCUT2D eigenvalue weighted by atomic mass is 16.4. The Morgan fingerprint density at radius 1 is 1.42 bits per heavy atom. The maximum absolute atomic E-state index is 12.0. The van der Waals surface area contributed by atoms with Gasteiger partial charge in [0.2, 0.25) is 0 Å². The van der Waals surface area contributed by atoms with E-state index >= 15 is 0 Å². The minimum absolute atomic E-state index is 0.0434. The number of carboxylic acids is 1. The fraction of sp³-hybridized carbons (Fsp3) is 0.538. The van der Waals surface area contributed by atoms with Crippen molar-refractivity contribution >= 4 is 11.9 Å². The molecule has 0 aliphatic rings. The summed E-state index contributed by atoms with van der Waals surface area (Å²) < 4.78 is 0. The van der Waals surface area contributed by atoms with Crippen molar-refractivity contribution in [2.45, 2.75) is 39.5 Å². The highest BCUT2D eigenvalue weighted by Crippen LogP contribution is 2.16. The number of aromatic nitrogens is 2. The first kappa shape index (κ1) is 15.1. The summed E-state index contributed by atoms with van der Waals surface area (Å²) in [6, 6.07) is 0. The minimum Gasteiger partial charge on any atom is -0.481 e. The number of carbonyl (C=O) groups is 2. The van der Waals surface area contributed by atoms with Gasteiger partial charge in [0, 0.05) is 19.2 Å². The van der Waals surface area contributed by atoms with Gasteiger partial charge in [0.15, 0.2) is 0 Å². The molecule has 0 atom stereocenters. The van der Waals surface area contributed by atoms with Crippen LogP contribution in [-0.2, 0) is 4.79 Å². The summed E-state index contributed by atoms with van der Waals surface area (Å²) in [5.74, 6) is -0.363. The molecule has 6 heteroatoms. The molecule has 1 aromatic rings. The lowest BCUT2D eigenvalue weighted by Crippen LogP contribution is -2.27. The molecule has 0 spiro atoms. The van der Waals surface area contributed by atoms with E-state index in [1.165, 1.54) is 6.20 Å². The molecule has 2 N–H and O–H groups in total. The van der Waals surface area contributed by atoms with Gasteiger partial charge in [-0.25, -0.2) is 9.97 Å². The molecule has 0 fully saturated rings. The Morgan fingerprint density at radius 2 is 2.11 bits per heavy atom. The van der Waals surface area contributed by atoms with Crippen molar-refractivity contribution in [3.63, 3.8) is 0 Å². The van der Waals surface area contributed by atoms with Crippen molar-refractivity contribution < 1.29 is 14.7 Å². The normalized spacial score (nSPS) is 10.5. The zero-order valence-corrected chi connectivity index (χ0v) is 11.4. The first-order chi connectivity index (χ1) is 8.91. The minimum atomic E-state index is -0.865. The second-order valence-electron chi connectivity index (χ2n) is 4.62. The quantitative estimate of drug-likeness (QED) is 0.760. The van der Waals surface area contributed by atoms with Crippen molar-refractivity contribution in [3.8, 4) is 0 Å². The number of carboxylic acid groups (broad SMARTS) is 1. The van der Waals surface area contributed by atoms with E-state index in [1.807, 2.05) is 13.8 Å². The molecule has 104 valence electrons. The van der Waals surface area contributed by atoms with Gasteiger partial charge in [0.05, 0.1) is 11.3 Å². The molecule has 0 bridgehead atoms. The van der Waals surface area contributed by atoms with Gasteiger partial charge in [-0.1, -0.05) is 13.8 Å². The fourth-order valence-electron chi connectivity index (χ4n) is 1.64. The van der Waals surface area contributed by atoms with Crippen LogP contribution in [0, 0.1) is 6.92 Å². The predicted octanol–water partition coefficient (Wildman–Crippen LogP) is 1.50. The topological polar surface area (TPSA) is 92.2 Å². The zero-order valence-electron chi connectivity index (χ0n) is 11.4. The molecule has 0 saturated heterocycles. The lowest BCUT2D eigenvalue weighted by atomic mass is 10.0. The summed E-state index contributed by atoms with van der Waals surface area (Å²) in [6.45, 7) is 6.03. The van der Waals surface area contributed by atoms with E-state index in [0.717, 1.165) is 0 Å². The monoisotopic (exact) mass is 265 g/mol. The Balaban J connectivity index is 2.68. The number of hydrogen-bond donors (Lipinski definition) is 2. The molecular formula is C13H19N3O3. The maximum Gasteiger partial charge on any atom is 0.303 e. The molecule has 1 rings (SSSR count). The lowest BCUT2D eigenvalue weighted by Gasteiger charge is -2.11. The molecule has 1 heterocycles. The number of rotatable bonds is 6. The van der Waals surface area contributed by atoms with Crippen LogP contribution in [0.15, 0.2) is 6.20 Å². The summed E-state index contributed by atoms with van der Waals surface area (Å²) in [7, 11) is 0. The molecule has 0 unspecified atom stereocenters. The first-order valence-electron chi connectivity index (χ1n) is 6.25. The largest absolute Gasteiger partial charge is 0.481 e. The summed E-state index contributed by atoms with van der Waals surface area (Å²) in [4.78, 5) is 30.7. The molecule has 0 radical (unpaired) electrons. The van der Waals surface area contributed by atoms with Gasteiger partial charge >= 0.3 is 5.97 Å². The van der Waals surface area contributed by atoms with Gasteiger partial charge in [0.25, 0.3) is 5.91 Å². The van der Waals surface area contributed by atoms with Crippen LogP contribution in [0.4, 0.5) is 0 Å². The van der Waals surface area contributed by atoms with Gasteiger partial charge < -0.3 is 10.4 Å². The van der Waals surface area contributed by atoms with E-state index in [4.69, 9.17) is 5.11 Å². The van der Waals surface area contributed by atoms with Crippen LogP contribution in [-0.4, -0.2) is 33.5 Å². The van der Waals surface area contributed by atoms with Crippen LogP contribution >= 0.6 is 0 Å². The van der Waals surface area contributed by atoms with E-state index in [9.17, 15) is 9.59 Å². The third-order valence-corrected chi connectivity index (χ3v) is 2.58. The average Bonchev–Trinajstić information content (AvgIpc) is 2.33. The molecule has 0 saturated carbocycles. The van der Waals surface area contributed by atoms with Gasteiger partial charge in [-0.3, -0.25) is 9.59 Å². The standard InChI is InChI=1S/C13H19N3O3/c1-8(2)12-10(7-15-9(3)16-12)13(19)14-6-4-5-11(17)18/h7-8H,4-6H2,1-3H3,(H,14,19)(H,17,18). The fourth-order valence-corrected chi connectivity index (χ4v) is 1.64. The summed E-state index contributed by atoms with van der Waals surface area (Å²) in [5, 5.41) is 11.2. The SMILES string of the molecule is Cc1ncc(C(=O)NCCCC(=O)O)c(C(C)C)n1. The van der Waals surface area contributed by atoms with Crippen LogP contribution in [0.1, 0.15) is 54.5 Å². The van der Waals surface area contributed by atoms with Gasteiger partial charge in [-0.15, -0.1) is 0 Å². The highest BCUT2D eigenvalue weighted by Gasteiger charge is 2.15. The van der Waals surface area contributed by atoms with E-state index in [0.29, 0.717) is 30.0 Å². The molecule has 0 aromatic carbocycles. The second kappa shape index (κ2) is 6.82. The van der Waals surface area contributed by atoms with Crippen LogP contribution < -0.4 is 5.32 Å². The Bertz CT molecular complexity index is 472. The number of carbonyl (C=O) groups excluding carboxylic acids is 1. The average molecular weight is 265 g/mol. The molecule has 6 nitrogen and oxygen atoms in total. The van der Waals surface area contributed by atoms with Crippen molar-refractivity contribution in [2.24, 2.45) is 0 Å². The van der Waals surface area contributed by atoms with Gasteiger partial charge in [-0.05, 0) is 19.3 Å². The first-order valence-corrected chi connectivity index (χ1v) is 6.25. The lowest BCUT2D eigenvalue weighted by molar-refractivity contribution is -0.137. The van der Waals surface area contributed by atoms with Crippen LogP contribution in [0.25, 0.3) is 0 Å².